The molecule has 6 nitrogen and oxygen atoms in total. The molecule has 0 bridgehead atoms. The Labute approximate surface area is 112 Å². The first kappa shape index (κ1) is 12.8. The molecule has 1 aromatic heterocycles. The first-order valence-corrected chi connectivity index (χ1v) is 6.35. The number of anilines is 1. The zero-order valence-corrected chi connectivity index (χ0v) is 11.0. The van der Waals surface area contributed by atoms with E-state index in [9.17, 15) is 9.59 Å². The molecule has 0 radical (unpaired) electrons. The van der Waals surface area contributed by atoms with E-state index < -0.39 is 6.04 Å². The minimum Gasteiger partial charge on any atom is -0.350 e. The maximum Gasteiger partial charge on any atom is 0.251 e. The average Bonchev–Trinajstić information content (AvgIpc) is 2.70. The Morgan fingerprint density at radius 1 is 1.61 bits per heavy atom. The van der Waals surface area contributed by atoms with Crippen LogP contribution in [-0.4, -0.2) is 34.8 Å². The number of amides is 2. The van der Waals surface area contributed by atoms with E-state index in [4.69, 9.17) is 16.9 Å². The molecule has 2 heterocycles. The number of halogens is 1. The van der Waals surface area contributed by atoms with E-state index in [1.54, 1.807) is 0 Å². The minimum absolute atomic E-state index is 0.123. The smallest absolute Gasteiger partial charge is 0.251 e. The highest BCUT2D eigenvalue weighted by Gasteiger charge is 2.32. The van der Waals surface area contributed by atoms with E-state index >= 15 is 0 Å². The van der Waals surface area contributed by atoms with Gasteiger partial charge in [-0.1, -0.05) is 22.9 Å². The van der Waals surface area contributed by atoms with Crippen LogP contribution in [0.2, 0.25) is 5.15 Å². The van der Waals surface area contributed by atoms with Gasteiger partial charge in [-0.2, -0.15) is 5.26 Å². The van der Waals surface area contributed by atoms with Crippen molar-refractivity contribution in [3.8, 4) is 6.07 Å². The largest absolute Gasteiger partial charge is 0.350 e. The Morgan fingerprint density at radius 2 is 2.33 bits per heavy atom. The number of nitrogens with zero attached hydrogens (tertiary/aromatic N) is 3. The summed E-state index contributed by atoms with van der Waals surface area (Å²) < 4.78 is 0. The lowest BCUT2D eigenvalue weighted by molar-refractivity contribution is -0.146. The van der Waals surface area contributed by atoms with E-state index in [1.807, 2.05) is 6.07 Å². The van der Waals surface area contributed by atoms with Gasteiger partial charge in [-0.15, -0.1) is 0 Å². The number of rotatable bonds is 2. The van der Waals surface area contributed by atoms with Crippen LogP contribution in [0, 0.1) is 11.3 Å². The number of carbonyl (C=O) groups is 2. The van der Waals surface area contributed by atoms with E-state index in [0.717, 1.165) is 16.2 Å². The van der Waals surface area contributed by atoms with Crippen molar-refractivity contribution < 1.29 is 9.59 Å². The molecule has 0 spiro atoms. The van der Waals surface area contributed by atoms with Crippen molar-refractivity contribution >= 4 is 39.9 Å². The molecule has 1 atom stereocenters. The Kier molecular flexibility index (Phi) is 3.50. The number of piperidine rings is 1. The quantitative estimate of drug-likeness (QED) is 0.826. The van der Waals surface area contributed by atoms with Gasteiger partial charge in [0.15, 0.2) is 10.3 Å². The number of nitriles is 1. The normalized spacial score (nSPS) is 19.8. The van der Waals surface area contributed by atoms with Gasteiger partial charge in [0.1, 0.15) is 17.0 Å². The van der Waals surface area contributed by atoms with Gasteiger partial charge in [0.25, 0.3) is 5.91 Å². The fraction of sp³-hybridized carbons (Fsp3) is 0.400. The highest BCUT2D eigenvalue weighted by molar-refractivity contribution is 7.16. The average molecular weight is 285 g/mol. The third kappa shape index (κ3) is 2.30. The second kappa shape index (κ2) is 4.92. The van der Waals surface area contributed by atoms with Gasteiger partial charge in [0, 0.05) is 13.5 Å². The molecule has 18 heavy (non-hydrogen) atoms. The molecule has 1 unspecified atom stereocenters. The number of imide groups is 1. The summed E-state index contributed by atoms with van der Waals surface area (Å²) in [6.07, 6.45) is 0.727. The van der Waals surface area contributed by atoms with Gasteiger partial charge in [-0.25, -0.2) is 4.98 Å². The summed E-state index contributed by atoms with van der Waals surface area (Å²) in [6, 6.07) is 1.42. The second-order valence-corrected chi connectivity index (χ2v) is 5.13. The van der Waals surface area contributed by atoms with Gasteiger partial charge in [-0.05, 0) is 6.42 Å². The van der Waals surface area contributed by atoms with Crippen LogP contribution in [0.4, 0.5) is 5.13 Å². The van der Waals surface area contributed by atoms with Crippen molar-refractivity contribution in [1.82, 2.24) is 9.88 Å². The Balaban J connectivity index is 2.12. The summed E-state index contributed by atoms with van der Waals surface area (Å²) in [7, 11) is 1.45. The van der Waals surface area contributed by atoms with E-state index in [-0.39, 0.29) is 17.0 Å². The summed E-state index contributed by atoms with van der Waals surface area (Å²) in [4.78, 5) is 28.5. The van der Waals surface area contributed by atoms with Gasteiger partial charge in [0.2, 0.25) is 5.91 Å². The Bertz CT molecular complexity index is 551. The Hall–Kier alpha value is -1.65. The first-order chi connectivity index (χ1) is 8.52. The number of aromatic nitrogens is 1. The lowest BCUT2D eigenvalue weighted by Crippen LogP contribution is -2.48. The van der Waals surface area contributed by atoms with E-state index in [0.29, 0.717) is 22.9 Å². The number of likely N-dealkylation sites (N-methyl/N-ethyl adjacent to an activating group) is 1. The van der Waals surface area contributed by atoms with E-state index in [2.05, 4.69) is 10.3 Å². The number of likely N-dealkylation sites (tertiary alicyclic amines) is 1. The van der Waals surface area contributed by atoms with Crippen LogP contribution >= 0.6 is 22.9 Å². The number of hydrogen-bond acceptors (Lipinski definition) is 6. The third-order valence-electron chi connectivity index (χ3n) is 2.63. The molecule has 1 N–H and O–H groups in total. The molecule has 1 aliphatic rings. The molecule has 1 aromatic rings. The first-order valence-electron chi connectivity index (χ1n) is 5.16. The maximum atomic E-state index is 11.8. The fourth-order valence-corrected chi connectivity index (χ4v) is 2.63. The summed E-state index contributed by atoms with van der Waals surface area (Å²) in [5.41, 5.74) is 0. The van der Waals surface area contributed by atoms with Crippen molar-refractivity contribution in [2.75, 3.05) is 12.4 Å². The van der Waals surface area contributed by atoms with Crippen LogP contribution in [0.15, 0.2) is 0 Å². The van der Waals surface area contributed by atoms with Crippen LogP contribution in [0.5, 0.6) is 0 Å². The predicted molar refractivity (Wildman–Crippen MR) is 66.3 cm³/mol. The van der Waals surface area contributed by atoms with Gasteiger partial charge >= 0.3 is 0 Å². The van der Waals surface area contributed by atoms with Crippen LogP contribution in [0.3, 0.4) is 0 Å². The van der Waals surface area contributed by atoms with Gasteiger partial charge in [-0.3, -0.25) is 14.5 Å². The molecular formula is C10H9ClN4O2S. The minimum atomic E-state index is -0.499. The molecular weight excluding hydrogens is 276 g/mol. The summed E-state index contributed by atoms with van der Waals surface area (Å²) in [6.45, 7) is 0. The third-order valence-corrected chi connectivity index (χ3v) is 3.91. The molecule has 1 saturated heterocycles. The standard InChI is InChI=1S/C10H9ClN4O2S/c1-15-7(16)3-2-5(9(15)17)13-10-14-8(11)6(4-12)18-10/h5H,2-3H2,1H3,(H,13,14). The van der Waals surface area contributed by atoms with Crippen molar-refractivity contribution in [3.05, 3.63) is 10.0 Å². The van der Waals surface area contributed by atoms with Crippen LogP contribution in [0.25, 0.3) is 0 Å². The van der Waals surface area contributed by atoms with Crippen molar-refractivity contribution in [2.45, 2.75) is 18.9 Å². The molecule has 1 fully saturated rings. The summed E-state index contributed by atoms with van der Waals surface area (Å²) in [5, 5.41) is 12.2. The van der Waals surface area contributed by atoms with Gasteiger partial charge in [0.05, 0.1) is 0 Å². The van der Waals surface area contributed by atoms with Crippen LogP contribution in [-0.2, 0) is 9.59 Å². The number of nitrogens with one attached hydrogen (secondary N) is 1. The van der Waals surface area contributed by atoms with E-state index in [1.165, 1.54) is 7.05 Å². The van der Waals surface area contributed by atoms with Gasteiger partial charge < -0.3 is 5.32 Å². The van der Waals surface area contributed by atoms with Crippen molar-refractivity contribution in [1.29, 1.82) is 5.26 Å². The summed E-state index contributed by atoms with van der Waals surface area (Å²) in [5.74, 6) is -0.482. The molecule has 0 saturated carbocycles. The molecule has 8 heteroatoms. The highest BCUT2D eigenvalue weighted by atomic mass is 35.5. The van der Waals surface area contributed by atoms with Crippen LogP contribution < -0.4 is 5.32 Å². The van der Waals surface area contributed by atoms with Crippen molar-refractivity contribution in [2.24, 2.45) is 0 Å². The fourth-order valence-electron chi connectivity index (χ4n) is 1.63. The lowest BCUT2D eigenvalue weighted by Gasteiger charge is -2.27. The highest BCUT2D eigenvalue weighted by Crippen LogP contribution is 2.27. The topological polar surface area (TPSA) is 86.1 Å². The Morgan fingerprint density at radius 3 is 2.94 bits per heavy atom. The monoisotopic (exact) mass is 284 g/mol. The zero-order chi connectivity index (χ0) is 13.3. The maximum absolute atomic E-state index is 11.8. The SMILES string of the molecule is CN1C(=O)CCC(Nc2nc(Cl)c(C#N)s2)C1=O. The molecule has 2 rings (SSSR count). The molecule has 0 aromatic carbocycles. The van der Waals surface area contributed by atoms with Crippen LogP contribution in [0.1, 0.15) is 17.7 Å². The lowest BCUT2D eigenvalue weighted by atomic mass is 10.1. The predicted octanol–water partition coefficient (Wildman–Crippen LogP) is 1.23. The van der Waals surface area contributed by atoms with Crippen molar-refractivity contribution in [3.63, 3.8) is 0 Å². The second-order valence-electron chi connectivity index (χ2n) is 3.78. The number of carbonyl (C=O) groups excluding carboxylic acids is 2. The molecule has 1 aliphatic heterocycles. The molecule has 94 valence electrons. The summed E-state index contributed by atoms with van der Waals surface area (Å²) >= 11 is 6.82. The molecule has 2 amide bonds. The zero-order valence-electron chi connectivity index (χ0n) is 9.44. The number of hydrogen-bond donors (Lipinski definition) is 1. The number of thiazole rings is 1. The molecule has 0 aliphatic carbocycles.